The largest absolute Gasteiger partial charge is 0.452 e. The summed E-state index contributed by atoms with van der Waals surface area (Å²) in [6.07, 6.45) is 5.39. The summed E-state index contributed by atoms with van der Waals surface area (Å²) in [5, 5.41) is 3.28. The second-order valence-corrected chi connectivity index (χ2v) is 6.09. The lowest BCUT2D eigenvalue weighted by Gasteiger charge is -2.08. The van der Waals surface area contributed by atoms with Crippen LogP contribution >= 0.6 is 23.5 Å². The van der Waals surface area contributed by atoms with E-state index in [4.69, 9.17) is 4.74 Å². The van der Waals surface area contributed by atoms with Gasteiger partial charge in [0, 0.05) is 16.8 Å². The van der Waals surface area contributed by atoms with Crippen molar-refractivity contribution in [2.24, 2.45) is 0 Å². The summed E-state index contributed by atoms with van der Waals surface area (Å²) in [6.45, 7) is -0.342. The maximum absolute atomic E-state index is 12.0. The van der Waals surface area contributed by atoms with E-state index in [9.17, 15) is 9.59 Å². The van der Waals surface area contributed by atoms with E-state index in [1.165, 1.54) is 11.8 Å². The predicted molar refractivity (Wildman–Crippen MR) is 93.2 cm³/mol. The standard InChI is InChI=1S/C16H16N2O3S2/c1-22-12-6-3-5-11(9-12)18-14(19)10-21-16(20)13-7-4-8-17-15(13)23-2/h3-9H,10H2,1-2H3,(H,18,19). The van der Waals surface area contributed by atoms with Gasteiger partial charge in [-0.2, -0.15) is 0 Å². The molecule has 0 bridgehead atoms. The van der Waals surface area contributed by atoms with Gasteiger partial charge < -0.3 is 10.1 Å². The molecule has 0 saturated heterocycles. The molecule has 5 nitrogen and oxygen atoms in total. The van der Waals surface area contributed by atoms with Crippen LogP contribution in [0.2, 0.25) is 0 Å². The molecule has 1 N–H and O–H groups in total. The fourth-order valence-electron chi connectivity index (χ4n) is 1.82. The third kappa shape index (κ3) is 5.01. The average molecular weight is 348 g/mol. The molecule has 2 rings (SSSR count). The van der Waals surface area contributed by atoms with E-state index in [1.807, 2.05) is 30.7 Å². The first-order chi connectivity index (χ1) is 11.1. The molecule has 2 aromatic rings. The van der Waals surface area contributed by atoms with Gasteiger partial charge in [-0.3, -0.25) is 4.79 Å². The third-order valence-electron chi connectivity index (χ3n) is 2.87. The molecule has 0 fully saturated rings. The molecule has 1 aromatic heterocycles. The molecule has 0 radical (unpaired) electrons. The number of aromatic nitrogens is 1. The van der Waals surface area contributed by atoms with Crippen molar-refractivity contribution in [2.75, 3.05) is 24.4 Å². The summed E-state index contributed by atoms with van der Waals surface area (Å²) in [4.78, 5) is 29.0. The zero-order valence-electron chi connectivity index (χ0n) is 12.7. The first-order valence-corrected chi connectivity index (χ1v) is 9.19. The topological polar surface area (TPSA) is 68.3 Å². The van der Waals surface area contributed by atoms with Gasteiger partial charge in [-0.1, -0.05) is 6.07 Å². The van der Waals surface area contributed by atoms with Crippen molar-refractivity contribution in [3.8, 4) is 0 Å². The van der Waals surface area contributed by atoms with E-state index in [-0.39, 0.29) is 12.5 Å². The van der Waals surface area contributed by atoms with Crippen LogP contribution in [0.4, 0.5) is 5.69 Å². The molecule has 1 aromatic carbocycles. The van der Waals surface area contributed by atoms with E-state index < -0.39 is 5.97 Å². The first-order valence-electron chi connectivity index (χ1n) is 6.74. The van der Waals surface area contributed by atoms with Crippen molar-refractivity contribution in [3.05, 3.63) is 48.2 Å². The Bertz CT molecular complexity index is 707. The van der Waals surface area contributed by atoms with Gasteiger partial charge in [0.25, 0.3) is 5.91 Å². The number of hydrogen-bond acceptors (Lipinski definition) is 6. The average Bonchev–Trinajstić information content (AvgIpc) is 2.59. The predicted octanol–water partition coefficient (Wildman–Crippen LogP) is 3.32. The quantitative estimate of drug-likeness (QED) is 0.638. The molecule has 120 valence electrons. The first kappa shape index (κ1) is 17.4. The number of benzene rings is 1. The Morgan fingerprint density at radius 3 is 2.74 bits per heavy atom. The summed E-state index contributed by atoms with van der Waals surface area (Å²) in [5.41, 5.74) is 1.03. The summed E-state index contributed by atoms with van der Waals surface area (Å²) < 4.78 is 5.05. The van der Waals surface area contributed by atoms with Gasteiger partial charge in [0.05, 0.1) is 5.56 Å². The molecule has 1 amide bonds. The van der Waals surface area contributed by atoms with E-state index in [0.717, 1.165) is 4.90 Å². The monoisotopic (exact) mass is 348 g/mol. The zero-order chi connectivity index (χ0) is 16.7. The van der Waals surface area contributed by atoms with Crippen LogP contribution in [0.3, 0.4) is 0 Å². The molecule has 0 spiro atoms. The summed E-state index contributed by atoms with van der Waals surface area (Å²) in [5.74, 6) is -0.943. The molecular weight excluding hydrogens is 332 g/mol. The summed E-state index contributed by atoms with van der Waals surface area (Å²) >= 11 is 2.93. The number of rotatable bonds is 6. The highest BCUT2D eigenvalue weighted by atomic mass is 32.2. The van der Waals surface area contributed by atoms with Gasteiger partial charge in [0.1, 0.15) is 5.03 Å². The number of carbonyl (C=O) groups excluding carboxylic acids is 2. The van der Waals surface area contributed by atoms with Crippen LogP contribution in [0.5, 0.6) is 0 Å². The Hall–Kier alpha value is -1.99. The fraction of sp³-hybridized carbons (Fsp3) is 0.188. The van der Waals surface area contributed by atoms with Gasteiger partial charge in [0.2, 0.25) is 0 Å². The Kier molecular flexibility index (Phi) is 6.49. The second kappa shape index (κ2) is 8.59. The molecule has 0 atom stereocenters. The van der Waals surface area contributed by atoms with Gasteiger partial charge in [-0.05, 0) is 42.8 Å². The van der Waals surface area contributed by atoms with E-state index in [0.29, 0.717) is 16.3 Å². The molecule has 1 heterocycles. The number of amides is 1. The molecule has 0 aliphatic carbocycles. The Morgan fingerprint density at radius 1 is 1.17 bits per heavy atom. The summed E-state index contributed by atoms with van der Waals surface area (Å²) in [6, 6.07) is 10.7. The van der Waals surface area contributed by atoms with Gasteiger partial charge in [-0.25, -0.2) is 9.78 Å². The van der Waals surface area contributed by atoms with Crippen LogP contribution < -0.4 is 5.32 Å². The van der Waals surface area contributed by atoms with Crippen molar-refractivity contribution in [3.63, 3.8) is 0 Å². The Balaban J connectivity index is 1.92. The number of esters is 1. The molecule has 23 heavy (non-hydrogen) atoms. The van der Waals surface area contributed by atoms with Crippen LogP contribution in [0, 0.1) is 0 Å². The van der Waals surface area contributed by atoms with Gasteiger partial charge in [0.15, 0.2) is 6.61 Å². The lowest BCUT2D eigenvalue weighted by molar-refractivity contribution is -0.119. The van der Waals surface area contributed by atoms with Crippen molar-refractivity contribution in [2.45, 2.75) is 9.92 Å². The molecule has 0 aliphatic heterocycles. The number of hydrogen-bond donors (Lipinski definition) is 1. The van der Waals surface area contributed by atoms with E-state index >= 15 is 0 Å². The fourth-order valence-corrected chi connectivity index (χ4v) is 2.81. The number of carbonyl (C=O) groups is 2. The molecule has 7 heteroatoms. The Morgan fingerprint density at radius 2 is 2.00 bits per heavy atom. The lowest BCUT2D eigenvalue weighted by Crippen LogP contribution is -2.21. The van der Waals surface area contributed by atoms with Gasteiger partial charge in [-0.15, -0.1) is 23.5 Å². The minimum Gasteiger partial charge on any atom is -0.452 e. The van der Waals surface area contributed by atoms with Crippen molar-refractivity contribution >= 4 is 41.1 Å². The zero-order valence-corrected chi connectivity index (χ0v) is 14.4. The smallest absolute Gasteiger partial charge is 0.341 e. The molecule has 0 aliphatic rings. The Labute approximate surface area is 143 Å². The summed E-state index contributed by atoms with van der Waals surface area (Å²) in [7, 11) is 0. The number of pyridine rings is 1. The van der Waals surface area contributed by atoms with Gasteiger partial charge >= 0.3 is 5.97 Å². The van der Waals surface area contributed by atoms with E-state index in [1.54, 1.807) is 36.2 Å². The second-order valence-electron chi connectivity index (χ2n) is 4.42. The van der Waals surface area contributed by atoms with Crippen LogP contribution in [-0.2, 0) is 9.53 Å². The normalized spacial score (nSPS) is 10.2. The SMILES string of the molecule is CSc1cccc(NC(=O)COC(=O)c2cccnc2SC)c1. The van der Waals surface area contributed by atoms with Crippen molar-refractivity contribution in [1.82, 2.24) is 4.98 Å². The lowest BCUT2D eigenvalue weighted by atomic mass is 10.3. The molecular formula is C16H16N2O3S2. The van der Waals surface area contributed by atoms with Crippen molar-refractivity contribution in [1.29, 1.82) is 0 Å². The van der Waals surface area contributed by atoms with Crippen molar-refractivity contribution < 1.29 is 14.3 Å². The number of ether oxygens (including phenoxy) is 1. The number of thioether (sulfide) groups is 2. The van der Waals surface area contributed by atoms with Crippen LogP contribution in [0.25, 0.3) is 0 Å². The number of anilines is 1. The third-order valence-corrected chi connectivity index (χ3v) is 4.31. The molecule has 0 saturated carbocycles. The highest BCUT2D eigenvalue weighted by Gasteiger charge is 2.14. The minimum absolute atomic E-state index is 0.342. The highest BCUT2D eigenvalue weighted by Crippen LogP contribution is 2.19. The maximum atomic E-state index is 12.0. The van der Waals surface area contributed by atoms with Crippen LogP contribution in [-0.4, -0.2) is 36.0 Å². The van der Waals surface area contributed by atoms with E-state index in [2.05, 4.69) is 10.3 Å². The number of nitrogens with zero attached hydrogens (tertiary/aromatic N) is 1. The highest BCUT2D eigenvalue weighted by molar-refractivity contribution is 7.98. The minimum atomic E-state index is -0.560. The molecule has 0 unspecified atom stereocenters. The number of nitrogens with one attached hydrogen (secondary N) is 1. The maximum Gasteiger partial charge on any atom is 0.341 e. The van der Waals surface area contributed by atoms with Crippen LogP contribution in [0.1, 0.15) is 10.4 Å². The van der Waals surface area contributed by atoms with Crippen LogP contribution in [0.15, 0.2) is 52.5 Å².